The fraction of sp³-hybridized carbons (Fsp3) is 0.344. The van der Waals surface area contributed by atoms with Gasteiger partial charge < -0.3 is 15.0 Å². The van der Waals surface area contributed by atoms with Crippen LogP contribution in [-0.2, 0) is 22.3 Å². The van der Waals surface area contributed by atoms with Crippen LogP contribution in [0, 0.1) is 13.8 Å². The van der Waals surface area contributed by atoms with E-state index in [1.54, 1.807) is 23.1 Å². The van der Waals surface area contributed by atoms with Crippen LogP contribution in [0.5, 0.6) is 0 Å². The van der Waals surface area contributed by atoms with E-state index in [9.17, 15) is 27.6 Å². The summed E-state index contributed by atoms with van der Waals surface area (Å²) in [5.74, 6) is -1.02. The predicted molar refractivity (Wildman–Crippen MR) is 149 cm³/mol. The maximum absolute atomic E-state index is 13.9. The van der Waals surface area contributed by atoms with Gasteiger partial charge in [0, 0.05) is 43.6 Å². The zero-order valence-corrected chi connectivity index (χ0v) is 23.4. The highest BCUT2D eigenvalue weighted by Crippen LogP contribution is 2.39. The molecule has 5 rings (SSSR count). The Morgan fingerprint density at radius 1 is 0.881 bits per heavy atom. The molecule has 2 heterocycles. The number of aryl methyl sites for hydroxylation is 2. The highest BCUT2D eigenvalue weighted by Gasteiger charge is 2.54. The first-order valence-corrected chi connectivity index (χ1v) is 13.8. The average molecular weight is 580 g/mol. The molecule has 1 atom stereocenters. The van der Waals surface area contributed by atoms with Crippen molar-refractivity contribution in [2.75, 3.05) is 19.7 Å². The summed E-state index contributed by atoms with van der Waals surface area (Å²) in [6.45, 7) is 4.25. The van der Waals surface area contributed by atoms with Gasteiger partial charge in [0.15, 0.2) is 0 Å². The number of benzene rings is 3. The third kappa shape index (κ3) is 6.04. The van der Waals surface area contributed by atoms with Crippen molar-refractivity contribution >= 4 is 17.7 Å². The molecule has 2 saturated heterocycles. The van der Waals surface area contributed by atoms with Gasteiger partial charge in [-0.3, -0.25) is 19.3 Å². The Morgan fingerprint density at radius 3 is 2.24 bits per heavy atom. The van der Waals surface area contributed by atoms with Crippen molar-refractivity contribution in [2.45, 2.75) is 51.2 Å². The molecule has 3 aromatic carbocycles. The summed E-state index contributed by atoms with van der Waals surface area (Å²) in [6, 6.07) is 18.1. The first-order valence-electron chi connectivity index (χ1n) is 13.8. The molecule has 0 radical (unpaired) electrons. The number of rotatable bonds is 5. The van der Waals surface area contributed by atoms with E-state index in [4.69, 9.17) is 4.74 Å². The fourth-order valence-electron chi connectivity index (χ4n) is 5.59. The van der Waals surface area contributed by atoms with Gasteiger partial charge in [0.1, 0.15) is 11.8 Å². The SMILES string of the molecule is Cc1ccc(C(=O)N2[C@@H](C(=O)NCc3cccc(C(F)(F)F)c3)COC23CCN(C(=O)c2cccc(C)c2)CC3)cc1. The average Bonchev–Trinajstić information content (AvgIpc) is 3.34. The molecule has 3 aromatic rings. The van der Waals surface area contributed by atoms with E-state index >= 15 is 0 Å². The van der Waals surface area contributed by atoms with E-state index in [1.807, 2.05) is 44.2 Å². The van der Waals surface area contributed by atoms with Gasteiger partial charge in [-0.2, -0.15) is 13.2 Å². The lowest BCUT2D eigenvalue weighted by Gasteiger charge is -2.44. The van der Waals surface area contributed by atoms with Crippen LogP contribution < -0.4 is 5.32 Å². The minimum Gasteiger partial charge on any atom is -0.353 e. The number of hydrogen-bond acceptors (Lipinski definition) is 4. The van der Waals surface area contributed by atoms with Gasteiger partial charge in [-0.25, -0.2) is 0 Å². The van der Waals surface area contributed by atoms with Gasteiger partial charge in [-0.15, -0.1) is 0 Å². The molecule has 2 fully saturated rings. The van der Waals surface area contributed by atoms with Crippen molar-refractivity contribution in [2.24, 2.45) is 0 Å². The number of piperidine rings is 1. The van der Waals surface area contributed by atoms with Crippen LogP contribution in [0.2, 0.25) is 0 Å². The second-order valence-electron chi connectivity index (χ2n) is 10.9. The van der Waals surface area contributed by atoms with Crippen LogP contribution >= 0.6 is 0 Å². The predicted octanol–water partition coefficient (Wildman–Crippen LogP) is 5.11. The number of alkyl halides is 3. The molecule has 42 heavy (non-hydrogen) atoms. The zero-order chi connectivity index (χ0) is 30.1. The summed E-state index contributed by atoms with van der Waals surface area (Å²) < 4.78 is 45.7. The Balaban J connectivity index is 1.35. The van der Waals surface area contributed by atoms with Gasteiger partial charge in [-0.05, 0) is 55.8 Å². The van der Waals surface area contributed by atoms with Gasteiger partial charge in [-0.1, -0.05) is 47.5 Å². The van der Waals surface area contributed by atoms with E-state index in [2.05, 4.69) is 5.32 Å². The molecule has 1 N–H and O–H groups in total. The highest BCUT2D eigenvalue weighted by molar-refractivity contribution is 5.98. The number of nitrogens with zero attached hydrogens (tertiary/aromatic N) is 2. The molecule has 0 saturated carbocycles. The van der Waals surface area contributed by atoms with Crippen molar-refractivity contribution < 1.29 is 32.3 Å². The van der Waals surface area contributed by atoms with Gasteiger partial charge >= 0.3 is 6.18 Å². The van der Waals surface area contributed by atoms with Crippen LogP contribution in [0.3, 0.4) is 0 Å². The molecule has 10 heteroatoms. The molecule has 0 aliphatic carbocycles. The normalized spacial score (nSPS) is 18.3. The Kier molecular flexibility index (Phi) is 8.10. The lowest BCUT2D eigenvalue weighted by Crippen LogP contribution is -2.59. The number of halogens is 3. The second-order valence-corrected chi connectivity index (χ2v) is 10.9. The number of carbonyl (C=O) groups excluding carboxylic acids is 3. The van der Waals surface area contributed by atoms with Crippen molar-refractivity contribution in [1.82, 2.24) is 15.1 Å². The van der Waals surface area contributed by atoms with Gasteiger partial charge in [0.25, 0.3) is 11.8 Å². The molecule has 3 amide bonds. The summed E-state index contributed by atoms with van der Waals surface area (Å²) in [5.41, 5.74) is 1.28. The topological polar surface area (TPSA) is 79.0 Å². The zero-order valence-electron chi connectivity index (χ0n) is 23.4. The third-order valence-electron chi connectivity index (χ3n) is 7.90. The minimum atomic E-state index is -4.50. The number of nitrogens with one attached hydrogen (secondary N) is 1. The number of likely N-dealkylation sites (tertiary alicyclic amines) is 1. The Bertz CT molecular complexity index is 1480. The number of ether oxygens (including phenoxy) is 1. The standard InChI is InChI=1S/C32H32F3N3O4/c1-21-9-11-24(12-10-21)30(41)38-27(28(39)36-19-23-6-4-8-26(18-23)32(33,34)35)20-42-31(38)13-15-37(16-14-31)29(40)25-7-3-5-22(2)17-25/h3-12,17-18,27H,13-16,19-20H2,1-2H3,(H,36,39)/t27-/m1/s1. The summed E-state index contributed by atoms with van der Waals surface area (Å²) >= 11 is 0. The molecular formula is C32H32F3N3O4. The van der Waals surface area contributed by atoms with Gasteiger partial charge in [0.05, 0.1) is 12.2 Å². The summed E-state index contributed by atoms with van der Waals surface area (Å²) in [5, 5.41) is 2.70. The molecule has 7 nitrogen and oxygen atoms in total. The van der Waals surface area contributed by atoms with Crippen molar-refractivity contribution in [3.63, 3.8) is 0 Å². The Hall–Kier alpha value is -4.18. The largest absolute Gasteiger partial charge is 0.416 e. The first-order chi connectivity index (χ1) is 20.0. The lowest BCUT2D eigenvalue weighted by atomic mass is 9.95. The molecule has 2 aliphatic heterocycles. The maximum atomic E-state index is 13.9. The summed E-state index contributed by atoms with van der Waals surface area (Å²) in [7, 11) is 0. The van der Waals surface area contributed by atoms with E-state index in [1.165, 1.54) is 17.0 Å². The van der Waals surface area contributed by atoms with E-state index < -0.39 is 29.4 Å². The molecule has 0 bridgehead atoms. The van der Waals surface area contributed by atoms with Crippen LogP contribution in [0.25, 0.3) is 0 Å². The maximum Gasteiger partial charge on any atom is 0.416 e. The monoisotopic (exact) mass is 579 g/mol. The molecule has 0 unspecified atom stereocenters. The van der Waals surface area contributed by atoms with Crippen molar-refractivity contribution in [3.8, 4) is 0 Å². The molecule has 1 spiro atoms. The van der Waals surface area contributed by atoms with Crippen LogP contribution in [0.15, 0.2) is 72.8 Å². The summed E-state index contributed by atoms with van der Waals surface area (Å²) in [6.07, 6.45) is -3.89. The molecular weight excluding hydrogens is 547 g/mol. The first kappa shape index (κ1) is 29.3. The van der Waals surface area contributed by atoms with Gasteiger partial charge in [0.2, 0.25) is 5.91 Å². The number of carbonyl (C=O) groups is 3. The van der Waals surface area contributed by atoms with Crippen LogP contribution in [-0.4, -0.2) is 59.0 Å². The van der Waals surface area contributed by atoms with Crippen molar-refractivity contribution in [1.29, 1.82) is 0 Å². The van der Waals surface area contributed by atoms with Crippen molar-refractivity contribution in [3.05, 3.63) is 106 Å². The second kappa shape index (κ2) is 11.6. The molecule has 2 aliphatic rings. The number of hydrogen-bond donors (Lipinski definition) is 1. The molecule has 0 aromatic heterocycles. The highest BCUT2D eigenvalue weighted by atomic mass is 19.4. The number of amides is 3. The fourth-order valence-corrected chi connectivity index (χ4v) is 5.59. The minimum absolute atomic E-state index is 0.0716. The quantitative estimate of drug-likeness (QED) is 0.456. The van der Waals surface area contributed by atoms with Crippen LogP contribution in [0.1, 0.15) is 55.8 Å². The third-order valence-corrected chi connectivity index (χ3v) is 7.90. The Morgan fingerprint density at radius 2 is 1.57 bits per heavy atom. The smallest absolute Gasteiger partial charge is 0.353 e. The van der Waals surface area contributed by atoms with E-state index in [0.29, 0.717) is 37.1 Å². The van der Waals surface area contributed by atoms with Crippen LogP contribution in [0.4, 0.5) is 13.2 Å². The Labute approximate surface area is 242 Å². The lowest BCUT2D eigenvalue weighted by molar-refractivity contribution is -0.137. The van der Waals surface area contributed by atoms with E-state index in [-0.39, 0.29) is 30.5 Å². The summed E-state index contributed by atoms with van der Waals surface area (Å²) in [4.78, 5) is 43.7. The van der Waals surface area contributed by atoms with E-state index in [0.717, 1.165) is 23.3 Å². The molecule has 220 valence electrons.